The highest BCUT2D eigenvalue weighted by atomic mass is 35.5. The van der Waals surface area contributed by atoms with Crippen molar-refractivity contribution in [2.75, 3.05) is 5.32 Å². The molecule has 0 aliphatic carbocycles. The molecule has 2 aromatic carbocycles. The number of carbonyl (C=O) groups is 1. The zero-order valence-electron chi connectivity index (χ0n) is 14.9. The van der Waals surface area contributed by atoms with E-state index in [0.717, 1.165) is 5.56 Å². The SMILES string of the molecule is O=C(Nc1ccc(N=Cc2ccc(-c3ccc(Cl)cc3Cl)o2)cc1)c1ccco1. The lowest BCUT2D eigenvalue weighted by molar-refractivity contribution is 0.0996. The zero-order valence-corrected chi connectivity index (χ0v) is 16.4. The molecule has 2 heterocycles. The Morgan fingerprint density at radius 2 is 1.83 bits per heavy atom. The molecular formula is C22H14Cl2N2O3. The summed E-state index contributed by atoms with van der Waals surface area (Å²) in [5, 5.41) is 3.83. The minimum Gasteiger partial charge on any atom is -0.459 e. The molecule has 1 N–H and O–H groups in total. The molecule has 0 saturated heterocycles. The molecule has 144 valence electrons. The van der Waals surface area contributed by atoms with Gasteiger partial charge < -0.3 is 14.2 Å². The second-order valence-corrected chi connectivity index (χ2v) is 6.91. The molecule has 29 heavy (non-hydrogen) atoms. The van der Waals surface area contributed by atoms with E-state index in [1.54, 1.807) is 60.8 Å². The summed E-state index contributed by atoms with van der Waals surface area (Å²) in [4.78, 5) is 16.4. The van der Waals surface area contributed by atoms with Crippen molar-refractivity contribution in [1.82, 2.24) is 0 Å². The van der Waals surface area contributed by atoms with Gasteiger partial charge in [-0.15, -0.1) is 0 Å². The van der Waals surface area contributed by atoms with Crippen molar-refractivity contribution >= 4 is 46.7 Å². The minimum absolute atomic E-state index is 0.251. The lowest BCUT2D eigenvalue weighted by Crippen LogP contribution is -2.10. The number of aliphatic imine (C=N–C) groups is 1. The quantitative estimate of drug-likeness (QED) is 0.356. The van der Waals surface area contributed by atoms with Crippen molar-refractivity contribution < 1.29 is 13.6 Å². The third kappa shape index (κ3) is 4.59. The Kier molecular flexibility index (Phi) is 5.51. The summed E-state index contributed by atoms with van der Waals surface area (Å²) < 4.78 is 10.9. The van der Waals surface area contributed by atoms with Crippen LogP contribution in [-0.4, -0.2) is 12.1 Å². The number of benzene rings is 2. The monoisotopic (exact) mass is 424 g/mol. The van der Waals surface area contributed by atoms with E-state index in [1.165, 1.54) is 6.26 Å². The summed E-state index contributed by atoms with van der Waals surface area (Å²) in [6.45, 7) is 0. The van der Waals surface area contributed by atoms with Crippen LogP contribution in [0.25, 0.3) is 11.3 Å². The molecule has 0 atom stereocenters. The zero-order chi connectivity index (χ0) is 20.2. The van der Waals surface area contributed by atoms with Crippen molar-refractivity contribution in [3.8, 4) is 11.3 Å². The molecule has 2 aromatic heterocycles. The molecule has 0 aliphatic rings. The van der Waals surface area contributed by atoms with Crippen LogP contribution in [-0.2, 0) is 0 Å². The molecule has 1 amide bonds. The van der Waals surface area contributed by atoms with Gasteiger partial charge in [0.1, 0.15) is 11.5 Å². The number of nitrogens with zero attached hydrogens (tertiary/aromatic N) is 1. The summed E-state index contributed by atoms with van der Waals surface area (Å²) in [6, 6.07) is 19.2. The highest BCUT2D eigenvalue weighted by molar-refractivity contribution is 6.36. The Morgan fingerprint density at radius 1 is 1.00 bits per heavy atom. The van der Waals surface area contributed by atoms with Gasteiger partial charge >= 0.3 is 0 Å². The fraction of sp³-hybridized carbons (Fsp3) is 0. The van der Waals surface area contributed by atoms with E-state index < -0.39 is 0 Å². The normalized spacial score (nSPS) is 11.1. The summed E-state index contributed by atoms with van der Waals surface area (Å²) in [5.41, 5.74) is 2.11. The number of halogens is 2. The average molecular weight is 425 g/mol. The van der Waals surface area contributed by atoms with Crippen LogP contribution in [0.1, 0.15) is 16.3 Å². The van der Waals surface area contributed by atoms with Crippen LogP contribution >= 0.6 is 23.2 Å². The van der Waals surface area contributed by atoms with E-state index in [4.69, 9.17) is 32.0 Å². The molecule has 7 heteroatoms. The van der Waals surface area contributed by atoms with Gasteiger partial charge in [-0.2, -0.15) is 0 Å². The Morgan fingerprint density at radius 3 is 2.55 bits per heavy atom. The Balaban J connectivity index is 1.43. The van der Waals surface area contributed by atoms with E-state index in [1.807, 2.05) is 12.1 Å². The van der Waals surface area contributed by atoms with Crippen LogP contribution in [0, 0.1) is 0 Å². The van der Waals surface area contributed by atoms with E-state index >= 15 is 0 Å². The predicted octanol–water partition coefficient (Wildman–Crippen LogP) is 6.85. The molecular weight excluding hydrogens is 411 g/mol. The van der Waals surface area contributed by atoms with Crippen LogP contribution in [0.5, 0.6) is 0 Å². The topological polar surface area (TPSA) is 67.7 Å². The first-order valence-corrected chi connectivity index (χ1v) is 9.38. The Labute approximate surface area is 176 Å². The van der Waals surface area contributed by atoms with Crippen LogP contribution in [0.4, 0.5) is 11.4 Å². The van der Waals surface area contributed by atoms with Gasteiger partial charge in [0.2, 0.25) is 0 Å². The molecule has 4 rings (SSSR count). The van der Waals surface area contributed by atoms with Gasteiger partial charge in [-0.05, 0) is 66.7 Å². The molecule has 5 nitrogen and oxygen atoms in total. The molecule has 4 aromatic rings. The summed E-state index contributed by atoms with van der Waals surface area (Å²) in [6.07, 6.45) is 3.07. The highest BCUT2D eigenvalue weighted by Crippen LogP contribution is 2.31. The van der Waals surface area contributed by atoms with Gasteiger partial charge in [0.05, 0.1) is 23.2 Å². The first-order valence-electron chi connectivity index (χ1n) is 8.63. The summed E-state index contributed by atoms with van der Waals surface area (Å²) in [7, 11) is 0. The number of amides is 1. The van der Waals surface area contributed by atoms with Crippen molar-refractivity contribution in [2.24, 2.45) is 4.99 Å². The second kappa shape index (κ2) is 8.39. The Bertz CT molecular complexity index is 1160. The van der Waals surface area contributed by atoms with Gasteiger partial charge in [0.25, 0.3) is 5.91 Å². The van der Waals surface area contributed by atoms with Crippen LogP contribution in [0.2, 0.25) is 10.0 Å². The molecule has 0 unspecified atom stereocenters. The first-order chi connectivity index (χ1) is 14.1. The van der Waals surface area contributed by atoms with Crippen molar-refractivity contribution in [1.29, 1.82) is 0 Å². The second-order valence-electron chi connectivity index (χ2n) is 6.06. The molecule has 0 bridgehead atoms. The average Bonchev–Trinajstić information content (AvgIpc) is 3.40. The highest BCUT2D eigenvalue weighted by Gasteiger charge is 2.09. The van der Waals surface area contributed by atoms with E-state index in [0.29, 0.717) is 32.9 Å². The fourth-order valence-electron chi connectivity index (χ4n) is 2.63. The van der Waals surface area contributed by atoms with E-state index in [-0.39, 0.29) is 11.7 Å². The Hall–Kier alpha value is -3.28. The van der Waals surface area contributed by atoms with Gasteiger partial charge in [-0.25, -0.2) is 0 Å². The van der Waals surface area contributed by atoms with Crippen LogP contribution in [0.15, 0.2) is 86.8 Å². The van der Waals surface area contributed by atoms with E-state index in [9.17, 15) is 4.79 Å². The standard InChI is InChI=1S/C22H14Cl2N2O3/c23-14-3-9-18(19(24)12-14)20-10-8-17(29-20)13-25-15-4-6-16(7-5-15)26-22(27)21-2-1-11-28-21/h1-13H,(H,26,27). The van der Waals surface area contributed by atoms with Crippen molar-refractivity contribution in [2.45, 2.75) is 0 Å². The van der Waals surface area contributed by atoms with Crippen molar-refractivity contribution in [3.63, 3.8) is 0 Å². The number of anilines is 1. The van der Waals surface area contributed by atoms with E-state index in [2.05, 4.69) is 10.3 Å². The first kappa shape index (κ1) is 19.1. The number of nitrogens with one attached hydrogen (secondary N) is 1. The predicted molar refractivity (Wildman–Crippen MR) is 115 cm³/mol. The molecule has 0 saturated carbocycles. The number of hydrogen-bond acceptors (Lipinski definition) is 4. The fourth-order valence-corrected chi connectivity index (χ4v) is 3.13. The maximum Gasteiger partial charge on any atom is 0.291 e. The van der Waals surface area contributed by atoms with Gasteiger partial charge in [0.15, 0.2) is 5.76 Å². The number of rotatable bonds is 5. The minimum atomic E-state index is -0.310. The third-order valence-corrected chi connectivity index (χ3v) is 4.58. The molecule has 0 spiro atoms. The van der Waals surface area contributed by atoms with Gasteiger partial charge in [-0.3, -0.25) is 9.79 Å². The number of furan rings is 2. The van der Waals surface area contributed by atoms with Gasteiger partial charge in [0, 0.05) is 16.3 Å². The number of carbonyl (C=O) groups excluding carboxylic acids is 1. The maximum absolute atomic E-state index is 12.0. The maximum atomic E-state index is 12.0. The molecule has 0 fully saturated rings. The smallest absolute Gasteiger partial charge is 0.291 e. The molecule has 0 aliphatic heterocycles. The summed E-state index contributed by atoms with van der Waals surface area (Å²) >= 11 is 12.1. The van der Waals surface area contributed by atoms with Crippen LogP contribution < -0.4 is 5.32 Å². The summed E-state index contributed by atoms with van der Waals surface area (Å²) in [5.74, 6) is 1.15. The number of hydrogen-bond donors (Lipinski definition) is 1. The molecule has 0 radical (unpaired) electrons. The van der Waals surface area contributed by atoms with Gasteiger partial charge in [-0.1, -0.05) is 23.2 Å². The lowest BCUT2D eigenvalue weighted by atomic mass is 10.2. The largest absolute Gasteiger partial charge is 0.459 e. The van der Waals surface area contributed by atoms with Crippen LogP contribution in [0.3, 0.4) is 0 Å². The van der Waals surface area contributed by atoms with Crippen molar-refractivity contribution in [3.05, 3.63) is 94.6 Å². The third-order valence-electron chi connectivity index (χ3n) is 4.03. The lowest BCUT2D eigenvalue weighted by Gasteiger charge is -2.03.